The van der Waals surface area contributed by atoms with Gasteiger partial charge in [-0.2, -0.15) is 5.26 Å². The van der Waals surface area contributed by atoms with E-state index in [1.807, 2.05) is 17.5 Å². The normalized spacial score (nSPS) is 9.25. The summed E-state index contributed by atoms with van der Waals surface area (Å²) in [5, 5.41) is 19.6. The number of rotatable bonds is 3. The molecular weight excluding hydrogens is 170 g/mol. The van der Waals surface area contributed by atoms with Crippen molar-refractivity contribution in [2.75, 3.05) is 5.75 Å². The lowest BCUT2D eigenvalue weighted by atomic mass is 10.1. The van der Waals surface area contributed by atoms with Crippen molar-refractivity contribution in [3.8, 4) is 11.2 Å². The molecular formula is C9H9NOS. The maximum absolute atomic E-state index is 9.32. The summed E-state index contributed by atoms with van der Waals surface area (Å²) in [7, 11) is 0. The third-order valence-electron chi connectivity index (χ3n) is 1.53. The number of hydrogen-bond donors (Lipinski definition) is 1. The molecule has 12 heavy (non-hydrogen) atoms. The van der Waals surface area contributed by atoms with E-state index in [2.05, 4.69) is 0 Å². The van der Waals surface area contributed by atoms with Crippen molar-refractivity contribution in [1.29, 1.82) is 5.26 Å². The third-order valence-corrected chi connectivity index (χ3v) is 2.07. The Morgan fingerprint density at radius 3 is 2.83 bits per heavy atom. The van der Waals surface area contributed by atoms with Crippen molar-refractivity contribution in [3.05, 3.63) is 29.8 Å². The summed E-state index contributed by atoms with van der Waals surface area (Å²) in [4.78, 5) is 0. The molecule has 0 fully saturated rings. The predicted octanol–water partition coefficient (Wildman–Crippen LogP) is 2.15. The molecule has 0 spiro atoms. The number of nitriles is 1. The molecule has 0 saturated heterocycles. The molecule has 62 valence electrons. The van der Waals surface area contributed by atoms with E-state index >= 15 is 0 Å². The van der Waals surface area contributed by atoms with Crippen LogP contribution < -0.4 is 0 Å². The van der Waals surface area contributed by atoms with Crippen LogP contribution in [-0.4, -0.2) is 10.9 Å². The second kappa shape index (κ2) is 4.68. The third kappa shape index (κ3) is 2.48. The van der Waals surface area contributed by atoms with Gasteiger partial charge in [0, 0.05) is 5.75 Å². The Labute approximate surface area is 75.8 Å². The van der Waals surface area contributed by atoms with E-state index in [0.717, 1.165) is 17.7 Å². The van der Waals surface area contributed by atoms with Gasteiger partial charge in [-0.15, -0.1) is 0 Å². The van der Waals surface area contributed by atoms with E-state index in [1.165, 1.54) is 11.8 Å². The molecule has 0 heterocycles. The van der Waals surface area contributed by atoms with Gasteiger partial charge >= 0.3 is 0 Å². The van der Waals surface area contributed by atoms with Gasteiger partial charge in [-0.3, -0.25) is 0 Å². The number of para-hydroxylation sites is 1. The van der Waals surface area contributed by atoms with Gasteiger partial charge in [0.2, 0.25) is 0 Å². The monoisotopic (exact) mass is 179 g/mol. The molecule has 1 N–H and O–H groups in total. The minimum Gasteiger partial charge on any atom is -0.508 e. The van der Waals surface area contributed by atoms with E-state index in [9.17, 15) is 5.11 Å². The van der Waals surface area contributed by atoms with Gasteiger partial charge in [0.25, 0.3) is 0 Å². The van der Waals surface area contributed by atoms with E-state index in [-0.39, 0.29) is 0 Å². The van der Waals surface area contributed by atoms with Crippen LogP contribution >= 0.6 is 11.8 Å². The van der Waals surface area contributed by atoms with Crippen LogP contribution in [0.15, 0.2) is 24.3 Å². The number of thioether (sulfide) groups is 1. The summed E-state index contributed by atoms with van der Waals surface area (Å²) in [6.07, 6.45) is 0.741. The van der Waals surface area contributed by atoms with Crippen LogP contribution in [-0.2, 0) is 6.42 Å². The summed E-state index contributed by atoms with van der Waals surface area (Å²) in [6.45, 7) is 0. The largest absolute Gasteiger partial charge is 0.508 e. The fourth-order valence-electron chi connectivity index (χ4n) is 0.929. The molecule has 0 aliphatic carbocycles. The first-order valence-electron chi connectivity index (χ1n) is 3.62. The summed E-state index contributed by atoms with van der Waals surface area (Å²) in [5.41, 5.74) is 0.903. The lowest BCUT2D eigenvalue weighted by Crippen LogP contribution is -1.87. The van der Waals surface area contributed by atoms with Crippen LogP contribution in [0.3, 0.4) is 0 Å². The molecule has 0 aliphatic rings. The summed E-state index contributed by atoms with van der Waals surface area (Å²) in [6, 6.07) is 7.20. The molecule has 0 unspecified atom stereocenters. The smallest absolute Gasteiger partial charge is 0.133 e. The molecule has 1 aromatic rings. The highest BCUT2D eigenvalue weighted by atomic mass is 32.2. The quantitative estimate of drug-likeness (QED) is 0.571. The fourth-order valence-corrected chi connectivity index (χ4v) is 1.34. The van der Waals surface area contributed by atoms with Crippen LogP contribution in [0.25, 0.3) is 0 Å². The standard InChI is InChI=1S/C9H9NOS/c10-7-12-6-5-8-3-1-2-4-9(8)11/h1-4,11H,5-6H2. The van der Waals surface area contributed by atoms with E-state index in [4.69, 9.17) is 5.26 Å². The number of aryl methyl sites for hydroxylation is 1. The molecule has 0 bridgehead atoms. The van der Waals surface area contributed by atoms with E-state index in [0.29, 0.717) is 5.75 Å². The van der Waals surface area contributed by atoms with Gasteiger partial charge in [0.1, 0.15) is 11.2 Å². The molecule has 2 nitrogen and oxygen atoms in total. The van der Waals surface area contributed by atoms with E-state index < -0.39 is 0 Å². The predicted molar refractivity (Wildman–Crippen MR) is 49.9 cm³/mol. The molecule has 0 aromatic heterocycles. The molecule has 0 atom stereocenters. The molecule has 0 radical (unpaired) electrons. The average Bonchev–Trinajstić information content (AvgIpc) is 2.09. The van der Waals surface area contributed by atoms with Gasteiger partial charge in [0.05, 0.1) is 0 Å². The number of aromatic hydroxyl groups is 1. The van der Waals surface area contributed by atoms with Gasteiger partial charge in [0.15, 0.2) is 0 Å². The SMILES string of the molecule is N#CSCCc1ccccc1O. The minimum absolute atomic E-state index is 0.316. The van der Waals surface area contributed by atoms with Crippen molar-refractivity contribution in [2.45, 2.75) is 6.42 Å². The minimum atomic E-state index is 0.316. The first kappa shape index (κ1) is 8.95. The highest BCUT2D eigenvalue weighted by Crippen LogP contribution is 2.17. The first-order chi connectivity index (χ1) is 5.84. The van der Waals surface area contributed by atoms with Crippen LogP contribution in [0.1, 0.15) is 5.56 Å². The molecule has 0 saturated carbocycles. The Hall–Kier alpha value is -1.14. The van der Waals surface area contributed by atoms with Crippen molar-refractivity contribution < 1.29 is 5.11 Å². The molecule has 3 heteroatoms. The number of benzene rings is 1. The summed E-state index contributed by atoms with van der Waals surface area (Å²) >= 11 is 1.21. The fraction of sp³-hybridized carbons (Fsp3) is 0.222. The average molecular weight is 179 g/mol. The van der Waals surface area contributed by atoms with Crippen LogP contribution in [0.2, 0.25) is 0 Å². The zero-order chi connectivity index (χ0) is 8.81. The molecule has 0 aliphatic heterocycles. The maximum Gasteiger partial charge on any atom is 0.133 e. The van der Waals surface area contributed by atoms with Crippen molar-refractivity contribution in [3.63, 3.8) is 0 Å². The van der Waals surface area contributed by atoms with Gasteiger partial charge in [-0.1, -0.05) is 18.2 Å². The number of nitrogens with zero attached hydrogens (tertiary/aromatic N) is 1. The van der Waals surface area contributed by atoms with Crippen molar-refractivity contribution >= 4 is 11.8 Å². The second-order valence-electron chi connectivity index (χ2n) is 2.32. The highest BCUT2D eigenvalue weighted by Gasteiger charge is 1.98. The lowest BCUT2D eigenvalue weighted by molar-refractivity contribution is 0.469. The Morgan fingerprint density at radius 1 is 1.42 bits per heavy atom. The van der Waals surface area contributed by atoms with Gasteiger partial charge in [-0.05, 0) is 29.8 Å². The molecule has 0 amide bonds. The van der Waals surface area contributed by atoms with Gasteiger partial charge < -0.3 is 5.11 Å². The van der Waals surface area contributed by atoms with Gasteiger partial charge in [-0.25, -0.2) is 0 Å². The van der Waals surface area contributed by atoms with Crippen molar-refractivity contribution in [1.82, 2.24) is 0 Å². The van der Waals surface area contributed by atoms with Crippen LogP contribution in [0.5, 0.6) is 5.75 Å². The second-order valence-corrected chi connectivity index (χ2v) is 3.20. The van der Waals surface area contributed by atoms with Crippen molar-refractivity contribution in [2.24, 2.45) is 0 Å². The first-order valence-corrected chi connectivity index (χ1v) is 4.61. The number of hydrogen-bond acceptors (Lipinski definition) is 3. The maximum atomic E-state index is 9.32. The number of thiocyanates is 1. The lowest BCUT2D eigenvalue weighted by Gasteiger charge is -2.00. The number of phenolic OH excluding ortho intramolecular Hbond substituents is 1. The summed E-state index contributed by atoms with van der Waals surface area (Å²) < 4.78 is 0. The Bertz CT molecular complexity index is 293. The highest BCUT2D eigenvalue weighted by molar-refractivity contribution is 8.03. The van der Waals surface area contributed by atoms with Crippen LogP contribution in [0, 0.1) is 10.7 Å². The van der Waals surface area contributed by atoms with E-state index in [1.54, 1.807) is 12.1 Å². The zero-order valence-electron chi connectivity index (χ0n) is 6.53. The molecule has 1 rings (SSSR count). The Morgan fingerprint density at radius 2 is 2.17 bits per heavy atom. The zero-order valence-corrected chi connectivity index (χ0v) is 7.34. The Kier molecular flexibility index (Phi) is 3.49. The Balaban J connectivity index is 2.53. The summed E-state index contributed by atoms with van der Waals surface area (Å²) in [5.74, 6) is 1.05. The molecule has 1 aromatic carbocycles. The van der Waals surface area contributed by atoms with Crippen LogP contribution in [0.4, 0.5) is 0 Å². The number of phenols is 1. The topological polar surface area (TPSA) is 44.0 Å².